The topological polar surface area (TPSA) is 52.9 Å². The normalized spacial score (nSPS) is 17.2. The van der Waals surface area contributed by atoms with E-state index < -0.39 is 6.04 Å². The second-order valence-electron chi connectivity index (χ2n) is 5.38. The SMILES string of the molecule is N#CC(NC(=O)Cc1cccc(F)c1)C1CCCCC1. The summed E-state index contributed by atoms with van der Waals surface area (Å²) < 4.78 is 13.1. The lowest BCUT2D eigenvalue weighted by molar-refractivity contribution is -0.121. The number of nitrogens with zero attached hydrogens (tertiary/aromatic N) is 1. The zero-order valence-electron chi connectivity index (χ0n) is 11.4. The maximum atomic E-state index is 13.1. The summed E-state index contributed by atoms with van der Waals surface area (Å²) >= 11 is 0. The lowest BCUT2D eigenvalue weighted by Crippen LogP contribution is -2.40. The van der Waals surface area contributed by atoms with E-state index in [4.69, 9.17) is 0 Å². The van der Waals surface area contributed by atoms with E-state index in [1.54, 1.807) is 12.1 Å². The molecule has 1 fully saturated rings. The third-order valence-electron chi connectivity index (χ3n) is 3.83. The minimum Gasteiger partial charge on any atom is -0.340 e. The van der Waals surface area contributed by atoms with E-state index in [0.717, 1.165) is 25.7 Å². The quantitative estimate of drug-likeness (QED) is 0.917. The predicted octanol–water partition coefficient (Wildman–Crippen LogP) is 2.96. The highest BCUT2D eigenvalue weighted by atomic mass is 19.1. The van der Waals surface area contributed by atoms with E-state index in [2.05, 4.69) is 11.4 Å². The molecule has 106 valence electrons. The summed E-state index contributed by atoms with van der Waals surface area (Å²) in [4.78, 5) is 12.0. The Bertz CT molecular complexity index is 503. The molecule has 1 saturated carbocycles. The number of hydrogen-bond donors (Lipinski definition) is 1. The van der Waals surface area contributed by atoms with Crippen molar-refractivity contribution < 1.29 is 9.18 Å². The molecule has 1 N–H and O–H groups in total. The summed E-state index contributed by atoms with van der Waals surface area (Å²) in [5.41, 5.74) is 0.628. The molecule has 0 radical (unpaired) electrons. The molecule has 20 heavy (non-hydrogen) atoms. The molecule has 1 amide bonds. The third-order valence-corrected chi connectivity index (χ3v) is 3.83. The first-order chi connectivity index (χ1) is 9.69. The van der Waals surface area contributed by atoms with E-state index in [9.17, 15) is 14.4 Å². The molecule has 3 nitrogen and oxygen atoms in total. The number of amides is 1. The minimum absolute atomic E-state index is 0.114. The van der Waals surface area contributed by atoms with Crippen LogP contribution in [0, 0.1) is 23.1 Å². The lowest BCUT2D eigenvalue weighted by atomic mass is 9.84. The van der Waals surface area contributed by atoms with Gasteiger partial charge in [0.2, 0.25) is 5.91 Å². The Hall–Kier alpha value is -1.89. The van der Waals surface area contributed by atoms with Crippen molar-refractivity contribution >= 4 is 5.91 Å². The number of hydrogen-bond acceptors (Lipinski definition) is 2. The van der Waals surface area contributed by atoms with Crippen LogP contribution >= 0.6 is 0 Å². The average molecular weight is 274 g/mol. The van der Waals surface area contributed by atoms with Crippen molar-refractivity contribution in [3.63, 3.8) is 0 Å². The Morgan fingerprint density at radius 1 is 1.40 bits per heavy atom. The molecule has 1 aliphatic rings. The molecule has 0 saturated heterocycles. The number of carbonyl (C=O) groups excluding carboxylic acids is 1. The molecule has 1 atom stereocenters. The van der Waals surface area contributed by atoms with Gasteiger partial charge in [-0.25, -0.2) is 4.39 Å². The van der Waals surface area contributed by atoms with Crippen LogP contribution in [0.4, 0.5) is 4.39 Å². The maximum absolute atomic E-state index is 13.1. The van der Waals surface area contributed by atoms with Gasteiger partial charge in [-0.3, -0.25) is 4.79 Å². The number of halogens is 1. The Balaban J connectivity index is 1.90. The molecule has 1 aromatic rings. The Morgan fingerprint density at radius 3 is 2.80 bits per heavy atom. The van der Waals surface area contributed by atoms with Crippen molar-refractivity contribution in [1.82, 2.24) is 5.32 Å². The molecule has 0 heterocycles. The molecule has 1 aromatic carbocycles. The van der Waals surface area contributed by atoms with Crippen molar-refractivity contribution in [2.75, 3.05) is 0 Å². The molecule has 0 aromatic heterocycles. The van der Waals surface area contributed by atoms with Crippen molar-refractivity contribution in [2.24, 2.45) is 5.92 Å². The van der Waals surface area contributed by atoms with Gasteiger partial charge in [0.25, 0.3) is 0 Å². The van der Waals surface area contributed by atoms with Gasteiger partial charge in [0, 0.05) is 0 Å². The summed E-state index contributed by atoms with van der Waals surface area (Å²) in [6.07, 6.45) is 5.58. The van der Waals surface area contributed by atoms with Crippen LogP contribution < -0.4 is 5.32 Å². The predicted molar refractivity (Wildman–Crippen MR) is 74.2 cm³/mol. The average Bonchev–Trinajstić information content (AvgIpc) is 2.45. The Labute approximate surface area is 118 Å². The van der Waals surface area contributed by atoms with Gasteiger partial charge in [-0.1, -0.05) is 31.4 Å². The van der Waals surface area contributed by atoms with E-state index in [-0.39, 0.29) is 24.1 Å². The first-order valence-electron chi connectivity index (χ1n) is 7.12. The molecule has 1 aliphatic carbocycles. The van der Waals surface area contributed by atoms with Gasteiger partial charge in [0.1, 0.15) is 11.9 Å². The van der Waals surface area contributed by atoms with Crippen molar-refractivity contribution in [3.05, 3.63) is 35.6 Å². The van der Waals surface area contributed by atoms with Gasteiger partial charge in [0.15, 0.2) is 0 Å². The van der Waals surface area contributed by atoms with E-state index in [0.29, 0.717) is 5.56 Å². The van der Waals surface area contributed by atoms with Crippen LogP contribution in [0.2, 0.25) is 0 Å². The zero-order chi connectivity index (χ0) is 14.4. The number of rotatable bonds is 4. The standard InChI is InChI=1S/C16H19FN2O/c17-14-8-4-5-12(9-14)10-16(20)19-15(11-18)13-6-2-1-3-7-13/h4-5,8-9,13,15H,1-3,6-7,10H2,(H,19,20). The Kier molecular flexibility index (Phi) is 5.11. The smallest absolute Gasteiger partial charge is 0.225 e. The lowest BCUT2D eigenvalue weighted by Gasteiger charge is -2.26. The summed E-state index contributed by atoms with van der Waals surface area (Å²) in [5.74, 6) is -0.308. The summed E-state index contributed by atoms with van der Waals surface area (Å²) in [6.45, 7) is 0. The number of nitriles is 1. The summed E-state index contributed by atoms with van der Waals surface area (Å²) in [6, 6.07) is 7.77. The number of nitrogens with one attached hydrogen (secondary N) is 1. The fourth-order valence-corrected chi connectivity index (χ4v) is 2.78. The molecule has 0 aliphatic heterocycles. The van der Waals surface area contributed by atoms with Crippen LogP contribution in [0.3, 0.4) is 0 Å². The van der Waals surface area contributed by atoms with Crippen molar-refractivity contribution in [3.8, 4) is 6.07 Å². The van der Waals surface area contributed by atoms with E-state index >= 15 is 0 Å². The monoisotopic (exact) mass is 274 g/mol. The van der Waals surface area contributed by atoms with Crippen LogP contribution in [0.1, 0.15) is 37.7 Å². The van der Waals surface area contributed by atoms with Gasteiger partial charge in [0.05, 0.1) is 12.5 Å². The summed E-state index contributed by atoms with van der Waals surface area (Å²) in [5, 5.41) is 12.0. The van der Waals surface area contributed by atoms with Crippen molar-refractivity contribution in [2.45, 2.75) is 44.6 Å². The highest BCUT2D eigenvalue weighted by Gasteiger charge is 2.24. The second kappa shape index (κ2) is 7.04. The molecular formula is C16H19FN2O. The maximum Gasteiger partial charge on any atom is 0.225 e. The third kappa shape index (κ3) is 4.06. The molecule has 1 unspecified atom stereocenters. The Morgan fingerprint density at radius 2 is 2.15 bits per heavy atom. The van der Waals surface area contributed by atoms with E-state index in [1.807, 2.05) is 0 Å². The van der Waals surface area contributed by atoms with Gasteiger partial charge in [-0.05, 0) is 36.5 Å². The summed E-state index contributed by atoms with van der Waals surface area (Å²) in [7, 11) is 0. The molecular weight excluding hydrogens is 255 g/mol. The molecule has 2 rings (SSSR count). The zero-order valence-corrected chi connectivity index (χ0v) is 11.4. The van der Waals surface area contributed by atoms with Gasteiger partial charge in [-0.15, -0.1) is 0 Å². The van der Waals surface area contributed by atoms with Gasteiger partial charge in [-0.2, -0.15) is 5.26 Å². The van der Waals surface area contributed by atoms with Crippen LogP contribution in [-0.2, 0) is 11.2 Å². The fourth-order valence-electron chi connectivity index (χ4n) is 2.78. The van der Waals surface area contributed by atoms with E-state index in [1.165, 1.54) is 18.6 Å². The second-order valence-corrected chi connectivity index (χ2v) is 5.38. The largest absolute Gasteiger partial charge is 0.340 e. The van der Waals surface area contributed by atoms with Gasteiger partial charge >= 0.3 is 0 Å². The minimum atomic E-state index is -0.420. The van der Waals surface area contributed by atoms with Crippen LogP contribution in [-0.4, -0.2) is 11.9 Å². The first kappa shape index (κ1) is 14.5. The fraction of sp³-hybridized carbons (Fsp3) is 0.500. The first-order valence-corrected chi connectivity index (χ1v) is 7.12. The molecule has 4 heteroatoms. The van der Waals surface area contributed by atoms with Crippen LogP contribution in [0.5, 0.6) is 0 Å². The molecule has 0 bridgehead atoms. The van der Waals surface area contributed by atoms with Gasteiger partial charge < -0.3 is 5.32 Å². The van der Waals surface area contributed by atoms with Crippen LogP contribution in [0.25, 0.3) is 0 Å². The van der Waals surface area contributed by atoms with Crippen molar-refractivity contribution in [1.29, 1.82) is 5.26 Å². The van der Waals surface area contributed by atoms with Crippen LogP contribution in [0.15, 0.2) is 24.3 Å². The highest BCUT2D eigenvalue weighted by Crippen LogP contribution is 2.26. The molecule has 0 spiro atoms. The number of carbonyl (C=O) groups is 1. The number of benzene rings is 1. The highest BCUT2D eigenvalue weighted by molar-refractivity contribution is 5.79.